The Labute approximate surface area is 106 Å². The Morgan fingerprint density at radius 3 is 2.61 bits per heavy atom. The lowest BCUT2D eigenvalue weighted by Gasteiger charge is -2.28. The predicted molar refractivity (Wildman–Crippen MR) is 66.3 cm³/mol. The molecule has 1 aromatic rings. The number of aromatic nitrogens is 2. The number of aryl methyl sites for hydroxylation is 1. The number of hydrogen-bond acceptors (Lipinski definition) is 5. The van der Waals surface area contributed by atoms with E-state index in [9.17, 15) is 13.5 Å². The van der Waals surface area contributed by atoms with Crippen LogP contribution < -0.4 is 5.73 Å². The summed E-state index contributed by atoms with van der Waals surface area (Å²) in [6.45, 7) is 3.07. The Morgan fingerprint density at radius 2 is 2.11 bits per heavy atom. The molecule has 0 saturated carbocycles. The third kappa shape index (κ3) is 2.36. The first-order valence-electron chi connectivity index (χ1n) is 5.96. The van der Waals surface area contributed by atoms with Gasteiger partial charge < -0.3 is 10.8 Å². The van der Waals surface area contributed by atoms with E-state index in [0.29, 0.717) is 32.5 Å². The van der Waals surface area contributed by atoms with E-state index in [1.807, 2.05) is 6.92 Å². The zero-order valence-corrected chi connectivity index (χ0v) is 11.1. The number of rotatable bonds is 3. The van der Waals surface area contributed by atoms with E-state index < -0.39 is 16.1 Å². The molecule has 2 heterocycles. The van der Waals surface area contributed by atoms with E-state index in [1.54, 1.807) is 0 Å². The van der Waals surface area contributed by atoms with Gasteiger partial charge in [0.25, 0.3) is 0 Å². The molecule has 0 bridgehead atoms. The normalized spacial score (nSPS) is 19.2. The van der Waals surface area contributed by atoms with Gasteiger partial charge in [0, 0.05) is 25.8 Å². The molecule has 7 nitrogen and oxygen atoms in total. The maximum Gasteiger partial charge on any atom is 0.248 e. The van der Waals surface area contributed by atoms with Crippen molar-refractivity contribution >= 4 is 15.8 Å². The van der Waals surface area contributed by atoms with Crippen molar-refractivity contribution in [3.63, 3.8) is 0 Å². The fourth-order valence-electron chi connectivity index (χ4n) is 2.00. The smallest absolute Gasteiger partial charge is 0.248 e. The number of aliphatic hydroxyl groups is 1. The molecule has 0 amide bonds. The van der Waals surface area contributed by atoms with Crippen molar-refractivity contribution in [2.45, 2.75) is 37.3 Å². The second kappa shape index (κ2) is 4.87. The second-order valence-corrected chi connectivity index (χ2v) is 6.28. The van der Waals surface area contributed by atoms with Crippen LogP contribution in [0.15, 0.2) is 11.1 Å². The van der Waals surface area contributed by atoms with Crippen LogP contribution >= 0.6 is 0 Å². The Bertz CT molecular complexity index is 517. The van der Waals surface area contributed by atoms with E-state index in [4.69, 9.17) is 5.73 Å². The Kier molecular flexibility index (Phi) is 3.60. The van der Waals surface area contributed by atoms with Crippen LogP contribution in [0.3, 0.4) is 0 Å². The number of piperidine rings is 1. The minimum absolute atomic E-state index is 0.0305. The molecular formula is C10H18N4O3S. The molecule has 0 radical (unpaired) electrons. The van der Waals surface area contributed by atoms with Crippen LogP contribution in [0.4, 0.5) is 5.82 Å². The molecule has 0 atom stereocenters. The highest BCUT2D eigenvalue weighted by Gasteiger charge is 2.31. The van der Waals surface area contributed by atoms with Gasteiger partial charge in [-0.15, -0.1) is 0 Å². The maximum atomic E-state index is 12.4. The molecule has 1 saturated heterocycles. The first-order chi connectivity index (χ1) is 8.45. The summed E-state index contributed by atoms with van der Waals surface area (Å²) in [7, 11) is -3.59. The van der Waals surface area contributed by atoms with Crippen molar-refractivity contribution in [1.82, 2.24) is 14.1 Å². The second-order valence-electron chi connectivity index (χ2n) is 4.37. The number of nitrogens with two attached hydrogens (primary N) is 1. The van der Waals surface area contributed by atoms with E-state index >= 15 is 0 Å². The van der Waals surface area contributed by atoms with E-state index in [0.717, 1.165) is 0 Å². The van der Waals surface area contributed by atoms with Crippen LogP contribution in [0.1, 0.15) is 19.8 Å². The van der Waals surface area contributed by atoms with Gasteiger partial charge in [0.05, 0.1) is 6.10 Å². The van der Waals surface area contributed by atoms with Gasteiger partial charge in [-0.3, -0.25) is 4.68 Å². The van der Waals surface area contributed by atoms with Crippen LogP contribution in [-0.4, -0.2) is 46.8 Å². The Balaban J connectivity index is 2.27. The highest BCUT2D eigenvalue weighted by atomic mass is 32.2. The highest BCUT2D eigenvalue weighted by Crippen LogP contribution is 2.24. The summed E-state index contributed by atoms with van der Waals surface area (Å²) in [6.07, 6.45) is 1.96. The van der Waals surface area contributed by atoms with Crippen LogP contribution in [0, 0.1) is 0 Å². The third-order valence-corrected chi connectivity index (χ3v) is 5.04. The topological polar surface area (TPSA) is 101 Å². The maximum absolute atomic E-state index is 12.4. The lowest BCUT2D eigenvalue weighted by Crippen LogP contribution is -2.40. The average molecular weight is 274 g/mol. The number of nitrogen functional groups attached to an aromatic ring is 1. The number of sulfonamides is 1. The van der Waals surface area contributed by atoms with Crippen LogP contribution in [0.2, 0.25) is 0 Å². The van der Waals surface area contributed by atoms with E-state index in [2.05, 4.69) is 5.10 Å². The summed E-state index contributed by atoms with van der Waals surface area (Å²) in [5, 5.41) is 13.3. The molecule has 1 aliphatic heterocycles. The van der Waals surface area contributed by atoms with E-state index in [-0.39, 0.29) is 10.7 Å². The molecule has 0 unspecified atom stereocenters. The Morgan fingerprint density at radius 1 is 1.50 bits per heavy atom. The quantitative estimate of drug-likeness (QED) is 0.783. The van der Waals surface area contributed by atoms with Crippen LogP contribution in [0.25, 0.3) is 0 Å². The predicted octanol–water partition coefficient (Wildman–Crippen LogP) is -0.369. The SMILES string of the molecule is CCn1cc(S(=O)(=O)N2CCC(O)CC2)c(N)n1. The van der Waals surface area contributed by atoms with Crippen molar-refractivity contribution < 1.29 is 13.5 Å². The van der Waals surface area contributed by atoms with Crippen molar-refractivity contribution in [3.05, 3.63) is 6.20 Å². The molecule has 8 heteroatoms. The molecule has 3 N–H and O–H groups in total. The van der Waals surface area contributed by atoms with Crippen molar-refractivity contribution in [3.8, 4) is 0 Å². The minimum atomic E-state index is -3.59. The monoisotopic (exact) mass is 274 g/mol. The number of aliphatic hydroxyl groups excluding tert-OH is 1. The summed E-state index contributed by atoms with van der Waals surface area (Å²) in [6, 6.07) is 0. The zero-order valence-electron chi connectivity index (χ0n) is 10.3. The van der Waals surface area contributed by atoms with Gasteiger partial charge in [-0.1, -0.05) is 0 Å². The molecule has 1 aliphatic rings. The largest absolute Gasteiger partial charge is 0.393 e. The first kappa shape index (κ1) is 13.3. The molecule has 0 aromatic carbocycles. The number of nitrogens with zero attached hydrogens (tertiary/aromatic N) is 3. The summed E-state index contributed by atoms with van der Waals surface area (Å²) >= 11 is 0. The van der Waals surface area contributed by atoms with Gasteiger partial charge in [0.15, 0.2) is 5.82 Å². The number of anilines is 1. The first-order valence-corrected chi connectivity index (χ1v) is 7.40. The molecule has 1 fully saturated rings. The van der Waals surface area contributed by atoms with Gasteiger partial charge in [-0.25, -0.2) is 8.42 Å². The molecule has 102 valence electrons. The fraction of sp³-hybridized carbons (Fsp3) is 0.700. The fourth-order valence-corrected chi connectivity index (χ4v) is 3.53. The average Bonchev–Trinajstić information content (AvgIpc) is 2.72. The van der Waals surface area contributed by atoms with Crippen molar-refractivity contribution in [1.29, 1.82) is 0 Å². The van der Waals surface area contributed by atoms with Crippen LogP contribution in [-0.2, 0) is 16.6 Å². The summed E-state index contributed by atoms with van der Waals surface area (Å²) in [5.41, 5.74) is 5.65. The van der Waals surface area contributed by atoms with E-state index in [1.165, 1.54) is 15.2 Å². The van der Waals surface area contributed by atoms with Crippen LogP contribution in [0.5, 0.6) is 0 Å². The van der Waals surface area contributed by atoms with Gasteiger partial charge in [-0.2, -0.15) is 9.40 Å². The lowest BCUT2D eigenvalue weighted by molar-refractivity contribution is 0.113. The summed E-state index contributed by atoms with van der Waals surface area (Å²) in [4.78, 5) is 0.0562. The highest BCUT2D eigenvalue weighted by molar-refractivity contribution is 7.89. The third-order valence-electron chi connectivity index (χ3n) is 3.12. The van der Waals surface area contributed by atoms with Gasteiger partial charge in [0.1, 0.15) is 4.90 Å². The summed E-state index contributed by atoms with van der Waals surface area (Å²) < 4.78 is 27.6. The van der Waals surface area contributed by atoms with Gasteiger partial charge in [0.2, 0.25) is 10.0 Å². The van der Waals surface area contributed by atoms with Gasteiger partial charge in [-0.05, 0) is 19.8 Å². The number of hydrogen-bond donors (Lipinski definition) is 2. The molecule has 0 aliphatic carbocycles. The Hall–Kier alpha value is -1.12. The molecule has 2 rings (SSSR count). The summed E-state index contributed by atoms with van der Waals surface area (Å²) in [5.74, 6) is 0.0305. The molecular weight excluding hydrogens is 256 g/mol. The molecule has 1 aromatic heterocycles. The van der Waals surface area contributed by atoms with Gasteiger partial charge >= 0.3 is 0 Å². The van der Waals surface area contributed by atoms with Crippen molar-refractivity contribution in [2.24, 2.45) is 0 Å². The molecule has 18 heavy (non-hydrogen) atoms. The lowest BCUT2D eigenvalue weighted by atomic mass is 10.1. The zero-order chi connectivity index (χ0) is 13.3. The molecule has 0 spiro atoms. The minimum Gasteiger partial charge on any atom is -0.393 e. The van der Waals surface area contributed by atoms with Crippen molar-refractivity contribution in [2.75, 3.05) is 18.8 Å². The standard InChI is InChI=1S/C10H18N4O3S/c1-2-13-7-9(10(11)12-13)18(16,17)14-5-3-8(15)4-6-14/h7-8,15H,2-6H2,1H3,(H2,11,12).